The van der Waals surface area contributed by atoms with Gasteiger partial charge in [0.1, 0.15) is 53.0 Å². The highest BCUT2D eigenvalue weighted by atomic mass is 16.5. The Labute approximate surface area is 190 Å². The van der Waals surface area contributed by atoms with Crippen LogP contribution in [0.15, 0.2) is 33.5 Å². The van der Waals surface area contributed by atoms with E-state index < -0.39 is 70.8 Å². The Morgan fingerprint density at radius 3 is 2.29 bits per heavy atom. The lowest BCUT2D eigenvalue weighted by Crippen LogP contribution is -2.55. The Bertz CT molecular complexity index is 1300. The van der Waals surface area contributed by atoms with Crippen LogP contribution in [-0.2, 0) is 4.74 Å². The van der Waals surface area contributed by atoms with Gasteiger partial charge in [-0.05, 0) is 18.2 Å². The molecule has 0 amide bonds. The number of phenolic OH excluding ortho intramolecular Hbond substituents is 3. The molecule has 1 saturated heterocycles. The van der Waals surface area contributed by atoms with Gasteiger partial charge in [0.2, 0.25) is 11.2 Å². The van der Waals surface area contributed by atoms with E-state index in [1.807, 2.05) is 0 Å². The van der Waals surface area contributed by atoms with E-state index in [1.165, 1.54) is 25.3 Å². The van der Waals surface area contributed by atoms with Gasteiger partial charge in [0.25, 0.3) is 0 Å². The highest BCUT2D eigenvalue weighted by Crippen LogP contribution is 2.45. The van der Waals surface area contributed by atoms with Crippen LogP contribution in [0.2, 0.25) is 0 Å². The number of aliphatic hydroxyl groups excluding tert-OH is 4. The molecule has 0 saturated carbocycles. The van der Waals surface area contributed by atoms with E-state index in [9.17, 15) is 45.6 Å². The monoisotopic (exact) mass is 478 g/mol. The third kappa shape index (κ3) is 3.57. The molecule has 5 unspecified atom stereocenters. The molecular formula is C22H22O12. The van der Waals surface area contributed by atoms with Gasteiger partial charge < -0.3 is 54.7 Å². The number of rotatable bonds is 4. The summed E-state index contributed by atoms with van der Waals surface area (Å²) in [4.78, 5) is 13.0. The number of ether oxygens (including phenoxy) is 2. The third-order valence-electron chi connectivity index (χ3n) is 5.77. The second-order valence-electron chi connectivity index (χ2n) is 7.78. The van der Waals surface area contributed by atoms with Gasteiger partial charge in [0.15, 0.2) is 17.3 Å². The minimum atomic E-state index is -1.85. The number of aromatic hydroxyl groups is 4. The molecule has 0 bridgehead atoms. The molecule has 12 heteroatoms. The summed E-state index contributed by atoms with van der Waals surface area (Å²) in [5.74, 6) is -3.01. The van der Waals surface area contributed by atoms with Crippen LogP contribution in [0.4, 0.5) is 0 Å². The quantitative estimate of drug-likeness (QED) is 0.245. The van der Waals surface area contributed by atoms with Crippen molar-refractivity contribution in [2.24, 2.45) is 0 Å². The Kier molecular flexibility index (Phi) is 6.02. The molecule has 3 aromatic rings. The van der Waals surface area contributed by atoms with Gasteiger partial charge in [-0.1, -0.05) is 0 Å². The standard InChI is InChI=1S/C22H22O12/c1-32-10-4-7(2-3-8(10)24)21-19(30)17(28)14-11(33-21)5-9(25)13(16(14)27)22-20(31)18(29)15(26)12(6-23)34-22/h2-5,12,15,18,20,22-27,29-31H,6H2,1H3. The first kappa shape index (κ1) is 23.6. The topological polar surface area (TPSA) is 211 Å². The van der Waals surface area contributed by atoms with Crippen LogP contribution in [0.1, 0.15) is 11.7 Å². The van der Waals surface area contributed by atoms with E-state index in [4.69, 9.17) is 13.9 Å². The first-order chi connectivity index (χ1) is 16.1. The summed E-state index contributed by atoms with van der Waals surface area (Å²) in [6, 6.07) is 4.81. The first-order valence-electron chi connectivity index (χ1n) is 10.0. The zero-order valence-electron chi connectivity index (χ0n) is 17.6. The van der Waals surface area contributed by atoms with Crippen LogP contribution >= 0.6 is 0 Å². The average Bonchev–Trinajstić information content (AvgIpc) is 2.81. The second kappa shape index (κ2) is 8.66. The fraction of sp³-hybridized carbons (Fsp3) is 0.318. The van der Waals surface area contributed by atoms with Gasteiger partial charge in [-0.2, -0.15) is 0 Å². The molecule has 5 atom stereocenters. The molecular weight excluding hydrogens is 456 g/mol. The predicted molar refractivity (Wildman–Crippen MR) is 114 cm³/mol. The van der Waals surface area contributed by atoms with Crippen molar-refractivity contribution in [1.82, 2.24) is 0 Å². The molecule has 2 heterocycles. The van der Waals surface area contributed by atoms with Crippen molar-refractivity contribution in [3.63, 3.8) is 0 Å². The molecule has 2 aromatic carbocycles. The van der Waals surface area contributed by atoms with Crippen LogP contribution < -0.4 is 10.2 Å². The van der Waals surface area contributed by atoms with E-state index in [2.05, 4.69) is 0 Å². The summed E-state index contributed by atoms with van der Waals surface area (Å²) in [5, 5.41) is 80.9. The number of phenols is 3. The summed E-state index contributed by atoms with van der Waals surface area (Å²) in [6.45, 7) is -0.751. The predicted octanol–water partition coefficient (Wildman–Crippen LogP) is -0.194. The molecule has 0 aliphatic carbocycles. The molecule has 4 rings (SSSR count). The Morgan fingerprint density at radius 2 is 1.65 bits per heavy atom. The minimum Gasteiger partial charge on any atom is -0.507 e. The van der Waals surface area contributed by atoms with Gasteiger partial charge in [-0.25, -0.2) is 0 Å². The number of hydrogen-bond acceptors (Lipinski definition) is 12. The van der Waals surface area contributed by atoms with Crippen molar-refractivity contribution in [2.45, 2.75) is 30.5 Å². The maximum atomic E-state index is 13.0. The van der Waals surface area contributed by atoms with Gasteiger partial charge in [0, 0.05) is 11.6 Å². The summed E-state index contributed by atoms with van der Waals surface area (Å²) >= 11 is 0. The Balaban J connectivity index is 1.90. The fourth-order valence-electron chi connectivity index (χ4n) is 3.96. The number of methoxy groups -OCH3 is 1. The third-order valence-corrected chi connectivity index (χ3v) is 5.77. The van der Waals surface area contributed by atoms with Gasteiger partial charge in [0.05, 0.1) is 19.3 Å². The van der Waals surface area contributed by atoms with Crippen molar-refractivity contribution in [3.8, 4) is 40.1 Å². The highest BCUT2D eigenvalue weighted by Gasteiger charge is 2.46. The lowest BCUT2D eigenvalue weighted by Gasteiger charge is -2.40. The summed E-state index contributed by atoms with van der Waals surface area (Å²) < 4.78 is 15.9. The summed E-state index contributed by atoms with van der Waals surface area (Å²) in [5.41, 5.74) is -1.81. The van der Waals surface area contributed by atoms with Crippen molar-refractivity contribution in [2.75, 3.05) is 13.7 Å². The van der Waals surface area contributed by atoms with Crippen molar-refractivity contribution in [3.05, 3.63) is 40.1 Å². The van der Waals surface area contributed by atoms with Crippen molar-refractivity contribution >= 4 is 11.0 Å². The van der Waals surface area contributed by atoms with Crippen LogP contribution in [-0.4, -0.2) is 79.0 Å². The van der Waals surface area contributed by atoms with E-state index in [1.54, 1.807) is 0 Å². The second-order valence-corrected chi connectivity index (χ2v) is 7.78. The smallest absolute Gasteiger partial charge is 0.238 e. The zero-order chi connectivity index (χ0) is 24.9. The van der Waals surface area contributed by atoms with Gasteiger partial charge >= 0.3 is 0 Å². The van der Waals surface area contributed by atoms with Crippen LogP contribution in [0.3, 0.4) is 0 Å². The minimum absolute atomic E-state index is 0.0308. The molecule has 182 valence electrons. The van der Waals surface area contributed by atoms with Gasteiger partial charge in [-0.3, -0.25) is 4.79 Å². The van der Waals surface area contributed by atoms with Crippen LogP contribution in [0.5, 0.6) is 28.7 Å². The molecule has 8 N–H and O–H groups in total. The van der Waals surface area contributed by atoms with E-state index >= 15 is 0 Å². The van der Waals surface area contributed by atoms with E-state index in [-0.39, 0.29) is 28.4 Å². The van der Waals surface area contributed by atoms with E-state index in [0.29, 0.717) is 0 Å². The molecule has 1 aromatic heterocycles. The highest BCUT2D eigenvalue weighted by molar-refractivity contribution is 5.90. The fourth-order valence-corrected chi connectivity index (χ4v) is 3.96. The summed E-state index contributed by atoms with van der Waals surface area (Å²) in [7, 11) is 1.30. The summed E-state index contributed by atoms with van der Waals surface area (Å²) in [6.07, 6.45) is -8.32. The molecule has 12 nitrogen and oxygen atoms in total. The Morgan fingerprint density at radius 1 is 0.941 bits per heavy atom. The average molecular weight is 478 g/mol. The van der Waals surface area contributed by atoms with Crippen LogP contribution in [0.25, 0.3) is 22.3 Å². The van der Waals surface area contributed by atoms with Crippen LogP contribution in [0, 0.1) is 0 Å². The number of benzene rings is 2. The van der Waals surface area contributed by atoms with Gasteiger partial charge in [-0.15, -0.1) is 0 Å². The number of fused-ring (bicyclic) bond motifs is 1. The molecule has 0 spiro atoms. The number of hydrogen-bond donors (Lipinski definition) is 8. The maximum Gasteiger partial charge on any atom is 0.238 e. The lowest BCUT2D eigenvalue weighted by atomic mass is 9.89. The van der Waals surface area contributed by atoms with Crippen molar-refractivity contribution < 1.29 is 54.7 Å². The molecule has 1 fully saturated rings. The maximum absolute atomic E-state index is 13.0. The van der Waals surface area contributed by atoms with Crippen molar-refractivity contribution in [1.29, 1.82) is 0 Å². The number of aliphatic hydroxyl groups is 4. The normalized spacial score (nSPS) is 24.9. The lowest BCUT2D eigenvalue weighted by molar-refractivity contribution is -0.232. The SMILES string of the molecule is COc1cc(-c2oc3cc(O)c(C4OC(CO)C(O)C(O)C4O)c(O)c3c(=O)c2O)ccc1O. The Hall–Kier alpha value is -3.55. The molecule has 1 aliphatic heterocycles. The molecule has 34 heavy (non-hydrogen) atoms. The zero-order valence-corrected chi connectivity index (χ0v) is 17.6. The largest absolute Gasteiger partial charge is 0.507 e. The van der Waals surface area contributed by atoms with E-state index in [0.717, 1.165) is 6.07 Å². The first-order valence-corrected chi connectivity index (χ1v) is 10.0. The molecule has 0 radical (unpaired) electrons. The molecule has 1 aliphatic rings.